The predicted octanol–water partition coefficient (Wildman–Crippen LogP) is 1.57. The zero-order valence-electron chi connectivity index (χ0n) is 7.48. The van der Waals surface area contributed by atoms with Gasteiger partial charge in [0.1, 0.15) is 0 Å². The lowest BCUT2D eigenvalue weighted by Gasteiger charge is -2.00. The Morgan fingerprint density at radius 3 is 2.46 bits per heavy atom. The molecule has 0 heterocycles. The largest absolute Gasteiger partial charge is 0.396 e. The SMILES string of the molecule is O=[S@](CCCCO)c1ccccc1. The molecular weight excluding hydrogens is 184 g/mol. The standard InChI is InChI=1S/C10H14O2S/c11-8-4-5-9-13(12)10-6-2-1-3-7-10/h1-3,6-7,11H,4-5,8-9H2/t13-/m1/s1. The number of benzene rings is 1. The average Bonchev–Trinajstić information content (AvgIpc) is 2.19. The maximum atomic E-state index is 11.5. The van der Waals surface area contributed by atoms with Crippen LogP contribution >= 0.6 is 0 Å². The Hall–Kier alpha value is -0.670. The zero-order chi connectivity index (χ0) is 9.52. The number of aliphatic hydroxyl groups is 1. The molecule has 0 aromatic heterocycles. The van der Waals surface area contributed by atoms with E-state index in [1.807, 2.05) is 30.3 Å². The minimum absolute atomic E-state index is 0.186. The van der Waals surface area contributed by atoms with Crippen LogP contribution < -0.4 is 0 Å². The van der Waals surface area contributed by atoms with E-state index in [1.54, 1.807) is 0 Å². The summed E-state index contributed by atoms with van der Waals surface area (Å²) in [6, 6.07) is 9.43. The van der Waals surface area contributed by atoms with Crippen LogP contribution in [-0.2, 0) is 10.8 Å². The van der Waals surface area contributed by atoms with Gasteiger partial charge in [0.15, 0.2) is 0 Å². The van der Waals surface area contributed by atoms with Gasteiger partial charge in [-0.3, -0.25) is 4.21 Å². The fraction of sp³-hybridized carbons (Fsp3) is 0.400. The van der Waals surface area contributed by atoms with Gasteiger partial charge in [-0.2, -0.15) is 0 Å². The third-order valence-corrected chi connectivity index (χ3v) is 3.20. The predicted molar refractivity (Wildman–Crippen MR) is 54.0 cm³/mol. The Morgan fingerprint density at radius 2 is 1.85 bits per heavy atom. The lowest BCUT2D eigenvalue weighted by atomic mass is 10.4. The van der Waals surface area contributed by atoms with Gasteiger partial charge >= 0.3 is 0 Å². The summed E-state index contributed by atoms with van der Waals surface area (Å²) in [5, 5.41) is 8.55. The van der Waals surface area contributed by atoms with Crippen LogP contribution in [-0.4, -0.2) is 21.7 Å². The van der Waals surface area contributed by atoms with E-state index < -0.39 is 10.8 Å². The molecule has 0 bridgehead atoms. The Morgan fingerprint density at radius 1 is 1.15 bits per heavy atom. The molecule has 3 heteroatoms. The molecule has 0 fully saturated rings. The highest BCUT2D eigenvalue weighted by molar-refractivity contribution is 7.85. The van der Waals surface area contributed by atoms with Crippen molar-refractivity contribution in [3.63, 3.8) is 0 Å². The van der Waals surface area contributed by atoms with Crippen molar-refractivity contribution in [2.24, 2.45) is 0 Å². The van der Waals surface area contributed by atoms with Gasteiger partial charge in [0.05, 0.1) is 10.8 Å². The first kappa shape index (κ1) is 10.4. The summed E-state index contributed by atoms with van der Waals surface area (Å²) < 4.78 is 11.5. The van der Waals surface area contributed by atoms with E-state index in [4.69, 9.17) is 5.11 Å². The smallest absolute Gasteiger partial charge is 0.0529 e. The highest BCUT2D eigenvalue weighted by Crippen LogP contribution is 2.06. The van der Waals surface area contributed by atoms with E-state index in [-0.39, 0.29) is 6.61 Å². The lowest BCUT2D eigenvalue weighted by Crippen LogP contribution is -1.98. The first-order valence-corrected chi connectivity index (χ1v) is 5.71. The van der Waals surface area contributed by atoms with Crippen molar-refractivity contribution >= 4 is 10.8 Å². The zero-order valence-corrected chi connectivity index (χ0v) is 8.30. The van der Waals surface area contributed by atoms with Gasteiger partial charge in [0.2, 0.25) is 0 Å². The first-order valence-electron chi connectivity index (χ1n) is 4.39. The molecule has 0 saturated heterocycles. The second kappa shape index (κ2) is 5.89. The molecule has 13 heavy (non-hydrogen) atoms. The van der Waals surface area contributed by atoms with E-state index in [0.29, 0.717) is 5.75 Å². The van der Waals surface area contributed by atoms with Gasteiger partial charge in [0, 0.05) is 17.3 Å². The van der Waals surface area contributed by atoms with E-state index in [2.05, 4.69) is 0 Å². The number of unbranched alkanes of at least 4 members (excludes halogenated alkanes) is 1. The molecule has 0 radical (unpaired) electrons. The fourth-order valence-electron chi connectivity index (χ4n) is 1.04. The van der Waals surface area contributed by atoms with Crippen LogP contribution in [0.5, 0.6) is 0 Å². The molecule has 0 aliphatic rings. The van der Waals surface area contributed by atoms with Gasteiger partial charge < -0.3 is 5.11 Å². The molecule has 0 amide bonds. The minimum Gasteiger partial charge on any atom is -0.396 e. The molecule has 0 aliphatic carbocycles. The van der Waals surface area contributed by atoms with Crippen molar-refractivity contribution < 1.29 is 9.32 Å². The van der Waals surface area contributed by atoms with Gasteiger partial charge in [0.25, 0.3) is 0 Å². The van der Waals surface area contributed by atoms with Crippen LogP contribution in [0.15, 0.2) is 35.2 Å². The maximum absolute atomic E-state index is 11.5. The van der Waals surface area contributed by atoms with Gasteiger partial charge in [-0.25, -0.2) is 0 Å². The van der Waals surface area contributed by atoms with E-state index in [1.165, 1.54) is 0 Å². The number of hydrogen-bond donors (Lipinski definition) is 1. The van der Waals surface area contributed by atoms with Crippen LogP contribution in [0, 0.1) is 0 Å². The third kappa shape index (κ3) is 3.70. The van der Waals surface area contributed by atoms with Crippen LogP contribution in [0.4, 0.5) is 0 Å². The van der Waals surface area contributed by atoms with Gasteiger partial charge in [-0.1, -0.05) is 18.2 Å². The van der Waals surface area contributed by atoms with Crippen LogP contribution in [0.1, 0.15) is 12.8 Å². The second-order valence-corrected chi connectivity index (χ2v) is 4.36. The summed E-state index contributed by atoms with van der Waals surface area (Å²) in [6.45, 7) is 0.186. The first-order chi connectivity index (χ1) is 6.34. The molecule has 0 aliphatic heterocycles. The van der Waals surface area contributed by atoms with Crippen LogP contribution in [0.3, 0.4) is 0 Å². The van der Waals surface area contributed by atoms with E-state index >= 15 is 0 Å². The summed E-state index contributed by atoms with van der Waals surface area (Å²) in [6.07, 6.45) is 1.55. The maximum Gasteiger partial charge on any atom is 0.0529 e. The molecule has 0 saturated carbocycles. The van der Waals surface area contributed by atoms with Crippen molar-refractivity contribution in [3.05, 3.63) is 30.3 Å². The number of hydrogen-bond acceptors (Lipinski definition) is 2. The second-order valence-electron chi connectivity index (χ2n) is 2.79. The van der Waals surface area contributed by atoms with Crippen LogP contribution in [0.25, 0.3) is 0 Å². The topological polar surface area (TPSA) is 37.3 Å². The summed E-state index contributed by atoms with van der Waals surface area (Å²) in [5.74, 6) is 0.643. The molecule has 1 aromatic carbocycles. The summed E-state index contributed by atoms with van der Waals surface area (Å²) in [4.78, 5) is 0.875. The Bertz CT molecular complexity index is 259. The molecule has 1 aromatic rings. The molecular formula is C10H14O2S. The molecule has 2 nitrogen and oxygen atoms in total. The summed E-state index contributed by atoms with van der Waals surface area (Å²) in [7, 11) is -0.896. The molecule has 72 valence electrons. The quantitative estimate of drug-likeness (QED) is 0.729. The number of aliphatic hydroxyl groups excluding tert-OH is 1. The molecule has 0 unspecified atom stereocenters. The van der Waals surface area contributed by atoms with Crippen molar-refractivity contribution in [1.29, 1.82) is 0 Å². The van der Waals surface area contributed by atoms with E-state index in [0.717, 1.165) is 17.7 Å². The monoisotopic (exact) mass is 198 g/mol. The minimum atomic E-state index is -0.896. The van der Waals surface area contributed by atoms with Crippen molar-refractivity contribution in [2.45, 2.75) is 17.7 Å². The summed E-state index contributed by atoms with van der Waals surface area (Å²) >= 11 is 0. The molecule has 1 atom stereocenters. The van der Waals surface area contributed by atoms with E-state index in [9.17, 15) is 4.21 Å². The van der Waals surface area contributed by atoms with Gasteiger partial charge in [-0.05, 0) is 25.0 Å². The van der Waals surface area contributed by atoms with Gasteiger partial charge in [-0.15, -0.1) is 0 Å². The molecule has 0 spiro atoms. The highest BCUT2D eigenvalue weighted by atomic mass is 32.2. The van der Waals surface area contributed by atoms with Crippen molar-refractivity contribution in [1.82, 2.24) is 0 Å². The van der Waals surface area contributed by atoms with Crippen molar-refractivity contribution in [3.8, 4) is 0 Å². The average molecular weight is 198 g/mol. The highest BCUT2D eigenvalue weighted by Gasteiger charge is 2.01. The Kier molecular flexibility index (Phi) is 4.72. The molecule has 1 rings (SSSR count). The lowest BCUT2D eigenvalue weighted by molar-refractivity contribution is 0.287. The normalized spacial score (nSPS) is 12.7. The molecule has 1 N–H and O–H groups in total. The Labute approximate surface area is 81.1 Å². The third-order valence-electron chi connectivity index (χ3n) is 1.74. The number of rotatable bonds is 5. The fourth-order valence-corrected chi connectivity index (χ4v) is 2.20. The Balaban J connectivity index is 2.40. The summed E-state index contributed by atoms with van der Waals surface area (Å²) in [5.41, 5.74) is 0. The van der Waals surface area contributed by atoms with Crippen LogP contribution in [0.2, 0.25) is 0 Å². The van der Waals surface area contributed by atoms with Crippen molar-refractivity contribution in [2.75, 3.05) is 12.4 Å².